The molecule has 0 aromatic heterocycles. The van der Waals surface area contributed by atoms with Gasteiger partial charge in [-0.3, -0.25) is 4.79 Å². The van der Waals surface area contributed by atoms with Gasteiger partial charge in [0.15, 0.2) is 0 Å². The summed E-state index contributed by atoms with van der Waals surface area (Å²) in [5, 5.41) is 3.42. The van der Waals surface area contributed by atoms with Crippen molar-refractivity contribution in [1.29, 1.82) is 0 Å². The fraction of sp³-hybridized carbons (Fsp3) is 0.462. The van der Waals surface area contributed by atoms with Crippen LogP contribution in [0.15, 0.2) is 18.2 Å². The van der Waals surface area contributed by atoms with Gasteiger partial charge in [0.2, 0.25) is 15.9 Å². The van der Waals surface area contributed by atoms with Crippen molar-refractivity contribution < 1.29 is 13.2 Å². The first-order chi connectivity index (χ1) is 9.33. The molecule has 0 bridgehead atoms. The van der Waals surface area contributed by atoms with Gasteiger partial charge >= 0.3 is 0 Å². The number of sulfonamides is 1. The second-order valence-electron chi connectivity index (χ2n) is 4.88. The van der Waals surface area contributed by atoms with Crippen molar-refractivity contribution in [3.05, 3.63) is 34.3 Å². The van der Waals surface area contributed by atoms with E-state index in [0.717, 1.165) is 15.4 Å². The van der Waals surface area contributed by atoms with Crippen molar-refractivity contribution >= 4 is 27.5 Å². The summed E-state index contributed by atoms with van der Waals surface area (Å²) < 4.78 is 24.3. The Morgan fingerprint density at radius 3 is 2.80 bits per heavy atom. The summed E-state index contributed by atoms with van der Waals surface area (Å²) in [7, 11) is -1.82. The van der Waals surface area contributed by atoms with Gasteiger partial charge < -0.3 is 5.32 Å². The molecule has 2 rings (SSSR count). The molecule has 7 heteroatoms. The summed E-state index contributed by atoms with van der Waals surface area (Å²) in [6.07, 6.45) is 0.333. The second-order valence-corrected chi connectivity index (χ2v) is 7.43. The fourth-order valence-corrected chi connectivity index (χ4v) is 3.81. The molecule has 0 spiro atoms. The first-order valence-electron chi connectivity index (χ1n) is 6.30. The van der Waals surface area contributed by atoms with E-state index < -0.39 is 16.1 Å². The zero-order valence-electron chi connectivity index (χ0n) is 11.4. The van der Waals surface area contributed by atoms with Gasteiger partial charge in [0.05, 0.1) is 5.75 Å². The van der Waals surface area contributed by atoms with Gasteiger partial charge in [-0.25, -0.2) is 8.42 Å². The van der Waals surface area contributed by atoms with E-state index >= 15 is 0 Å². The normalized spacial score (nSPS) is 21.9. The van der Waals surface area contributed by atoms with Crippen LogP contribution in [-0.2, 0) is 21.4 Å². The van der Waals surface area contributed by atoms with Crippen LogP contribution in [0.4, 0.5) is 0 Å². The minimum Gasteiger partial charge on any atom is -0.351 e. The van der Waals surface area contributed by atoms with Crippen LogP contribution in [-0.4, -0.2) is 37.5 Å². The molecule has 1 aromatic carbocycles. The van der Waals surface area contributed by atoms with Gasteiger partial charge in [-0.2, -0.15) is 4.31 Å². The van der Waals surface area contributed by atoms with Crippen LogP contribution in [0.25, 0.3) is 0 Å². The molecule has 0 saturated carbocycles. The Balaban J connectivity index is 2.02. The van der Waals surface area contributed by atoms with Crippen molar-refractivity contribution in [1.82, 2.24) is 9.62 Å². The summed E-state index contributed by atoms with van der Waals surface area (Å²) in [6.45, 7) is 2.23. The Labute approximate surface area is 124 Å². The molecule has 110 valence electrons. The number of halogens is 1. The van der Waals surface area contributed by atoms with Gasteiger partial charge in [-0.15, -0.1) is 0 Å². The van der Waals surface area contributed by atoms with Gasteiger partial charge in [0.1, 0.15) is 6.04 Å². The van der Waals surface area contributed by atoms with Gasteiger partial charge in [0, 0.05) is 18.6 Å². The number of rotatable bonds is 3. The maximum absolute atomic E-state index is 12.1. The van der Waals surface area contributed by atoms with Crippen LogP contribution in [0.3, 0.4) is 0 Å². The van der Waals surface area contributed by atoms with Crippen molar-refractivity contribution in [3.8, 4) is 0 Å². The lowest BCUT2D eigenvalue weighted by molar-refractivity contribution is -0.124. The standard InChI is InChI=1S/C13H17ClN2O3S/c1-9-10(4-3-5-11(9)14)8-15-13(17)12-6-7-20(18,19)16(12)2/h3-5,12H,6-8H2,1-2H3,(H,15,17). The molecule has 1 atom stereocenters. The summed E-state index contributed by atoms with van der Waals surface area (Å²) >= 11 is 6.02. The largest absolute Gasteiger partial charge is 0.351 e. The van der Waals surface area contributed by atoms with Crippen molar-refractivity contribution in [3.63, 3.8) is 0 Å². The molecule has 1 N–H and O–H groups in total. The van der Waals surface area contributed by atoms with Crippen molar-refractivity contribution in [2.24, 2.45) is 0 Å². The second kappa shape index (κ2) is 5.71. The maximum Gasteiger partial charge on any atom is 0.238 e. The van der Waals surface area contributed by atoms with Gasteiger partial charge in [0.25, 0.3) is 0 Å². The zero-order chi connectivity index (χ0) is 14.9. The Hall–Kier alpha value is -1.11. The molecule has 1 aliphatic rings. The van der Waals surface area contributed by atoms with Crippen LogP contribution >= 0.6 is 11.6 Å². The SMILES string of the molecule is Cc1c(Cl)cccc1CNC(=O)C1CCS(=O)(=O)N1C. The van der Waals surface area contributed by atoms with Crippen LogP contribution in [0, 0.1) is 6.92 Å². The molecular weight excluding hydrogens is 300 g/mol. The number of hydrogen-bond acceptors (Lipinski definition) is 3. The third-order valence-corrected chi connectivity index (χ3v) is 5.96. The zero-order valence-corrected chi connectivity index (χ0v) is 13.0. The molecule has 0 radical (unpaired) electrons. The van der Waals surface area contributed by atoms with E-state index in [9.17, 15) is 13.2 Å². The Morgan fingerprint density at radius 1 is 1.50 bits per heavy atom. The number of amides is 1. The van der Waals surface area contributed by atoms with Crippen LogP contribution in [0.5, 0.6) is 0 Å². The number of benzene rings is 1. The predicted molar refractivity (Wildman–Crippen MR) is 78.0 cm³/mol. The third kappa shape index (κ3) is 2.97. The Bertz CT molecular complexity index is 631. The molecular formula is C13H17ClN2O3S. The molecule has 1 saturated heterocycles. The Kier molecular flexibility index (Phi) is 4.36. The number of carbonyl (C=O) groups is 1. The number of nitrogens with one attached hydrogen (secondary N) is 1. The average molecular weight is 317 g/mol. The highest BCUT2D eigenvalue weighted by Crippen LogP contribution is 2.20. The summed E-state index contributed by atoms with van der Waals surface area (Å²) in [5.41, 5.74) is 1.84. The van der Waals surface area contributed by atoms with E-state index in [1.807, 2.05) is 19.1 Å². The van der Waals surface area contributed by atoms with E-state index in [4.69, 9.17) is 11.6 Å². The Morgan fingerprint density at radius 2 is 2.20 bits per heavy atom. The topological polar surface area (TPSA) is 66.5 Å². The number of hydrogen-bond donors (Lipinski definition) is 1. The highest BCUT2D eigenvalue weighted by atomic mass is 35.5. The molecule has 0 aliphatic carbocycles. The first kappa shape index (κ1) is 15.3. The molecule has 20 heavy (non-hydrogen) atoms. The quantitative estimate of drug-likeness (QED) is 0.914. The lowest BCUT2D eigenvalue weighted by Gasteiger charge is -2.18. The lowest BCUT2D eigenvalue weighted by Crippen LogP contribution is -2.42. The third-order valence-electron chi connectivity index (χ3n) is 3.66. The van der Waals surface area contributed by atoms with Gasteiger partial charge in [-0.1, -0.05) is 23.7 Å². The van der Waals surface area contributed by atoms with Crippen molar-refractivity contribution in [2.75, 3.05) is 12.8 Å². The summed E-state index contributed by atoms with van der Waals surface area (Å²) in [6, 6.07) is 4.89. The lowest BCUT2D eigenvalue weighted by atomic mass is 10.1. The summed E-state index contributed by atoms with van der Waals surface area (Å²) in [4.78, 5) is 12.1. The highest BCUT2D eigenvalue weighted by Gasteiger charge is 2.38. The molecule has 1 fully saturated rings. The molecule has 1 aliphatic heterocycles. The number of carbonyl (C=O) groups excluding carboxylic acids is 1. The number of nitrogens with zero attached hydrogens (tertiary/aromatic N) is 1. The van der Waals surface area contributed by atoms with Gasteiger partial charge in [-0.05, 0) is 30.5 Å². The molecule has 1 amide bonds. The summed E-state index contributed by atoms with van der Waals surface area (Å²) in [5.74, 6) is -0.245. The minimum atomic E-state index is -3.27. The molecule has 5 nitrogen and oxygen atoms in total. The molecule has 1 aromatic rings. The van der Waals surface area contributed by atoms with E-state index in [0.29, 0.717) is 18.0 Å². The van der Waals surface area contributed by atoms with Crippen LogP contribution in [0.1, 0.15) is 17.5 Å². The smallest absolute Gasteiger partial charge is 0.238 e. The maximum atomic E-state index is 12.1. The highest BCUT2D eigenvalue weighted by molar-refractivity contribution is 7.89. The first-order valence-corrected chi connectivity index (χ1v) is 8.29. The van der Waals surface area contributed by atoms with Crippen LogP contribution < -0.4 is 5.32 Å². The molecule has 1 unspecified atom stereocenters. The monoisotopic (exact) mass is 316 g/mol. The van der Waals surface area contributed by atoms with E-state index in [1.165, 1.54) is 7.05 Å². The average Bonchev–Trinajstić information content (AvgIpc) is 2.66. The van der Waals surface area contributed by atoms with Crippen LogP contribution in [0.2, 0.25) is 5.02 Å². The number of likely N-dealkylation sites (N-methyl/N-ethyl adjacent to an activating group) is 1. The van der Waals surface area contributed by atoms with Crippen molar-refractivity contribution in [2.45, 2.75) is 25.9 Å². The fourth-order valence-electron chi connectivity index (χ4n) is 2.22. The predicted octanol–water partition coefficient (Wildman–Crippen LogP) is 1.30. The minimum absolute atomic E-state index is 0.0256. The molecule has 1 heterocycles. The van der Waals surface area contributed by atoms with E-state index in [-0.39, 0.29) is 11.7 Å². The van der Waals surface area contributed by atoms with E-state index in [2.05, 4.69) is 5.32 Å². The van der Waals surface area contributed by atoms with E-state index in [1.54, 1.807) is 6.07 Å².